The molecule has 4 nitrogen and oxygen atoms in total. The quantitative estimate of drug-likeness (QED) is 0.600. The lowest BCUT2D eigenvalue weighted by Gasteiger charge is -1.96. The van der Waals surface area contributed by atoms with Crippen LogP contribution in [-0.4, -0.2) is 20.0 Å². The van der Waals surface area contributed by atoms with E-state index in [2.05, 4.69) is 21.4 Å². The summed E-state index contributed by atoms with van der Waals surface area (Å²) >= 11 is 0. The van der Waals surface area contributed by atoms with Crippen LogP contribution < -0.4 is 0 Å². The van der Waals surface area contributed by atoms with Crippen molar-refractivity contribution in [2.45, 2.75) is 0 Å². The molecule has 0 aliphatic heterocycles. The molecule has 2 heterocycles. The number of rotatable bonds is 2. The molecule has 0 bridgehead atoms. The molecule has 1 N–H and O–H groups in total. The van der Waals surface area contributed by atoms with E-state index in [1.165, 1.54) is 0 Å². The van der Waals surface area contributed by atoms with Crippen molar-refractivity contribution in [2.24, 2.45) is 0 Å². The Morgan fingerprint density at radius 2 is 1.70 bits per heavy atom. The standard InChI is InChI=1S/C16H12N4/c1-2-6-12(7-3-1)15-11-20(19-18-15)16-10-17-14-9-5-4-8-13(14)16/h1-11,17H. The summed E-state index contributed by atoms with van der Waals surface area (Å²) in [4.78, 5) is 3.25. The molecule has 0 radical (unpaired) electrons. The van der Waals surface area contributed by atoms with E-state index < -0.39 is 0 Å². The van der Waals surface area contributed by atoms with Crippen LogP contribution in [0.15, 0.2) is 67.0 Å². The second-order valence-electron chi connectivity index (χ2n) is 4.63. The molecule has 4 heteroatoms. The Morgan fingerprint density at radius 1 is 0.900 bits per heavy atom. The monoisotopic (exact) mass is 260 g/mol. The van der Waals surface area contributed by atoms with Crippen molar-refractivity contribution in [2.75, 3.05) is 0 Å². The van der Waals surface area contributed by atoms with Crippen molar-refractivity contribution in [3.05, 3.63) is 67.0 Å². The topological polar surface area (TPSA) is 46.5 Å². The average Bonchev–Trinajstić information content (AvgIpc) is 3.14. The van der Waals surface area contributed by atoms with E-state index in [4.69, 9.17) is 0 Å². The van der Waals surface area contributed by atoms with E-state index in [0.717, 1.165) is 27.8 Å². The van der Waals surface area contributed by atoms with E-state index in [-0.39, 0.29) is 0 Å². The summed E-state index contributed by atoms with van der Waals surface area (Å²) in [5, 5.41) is 9.62. The van der Waals surface area contributed by atoms with Gasteiger partial charge in [-0.3, -0.25) is 0 Å². The highest BCUT2D eigenvalue weighted by atomic mass is 15.4. The SMILES string of the molecule is c1ccc(-c2cn(-c3c[nH]c4ccccc34)nn2)cc1. The maximum absolute atomic E-state index is 4.25. The molecule has 4 aromatic rings. The molecule has 0 fully saturated rings. The molecular formula is C16H12N4. The van der Waals surface area contributed by atoms with Crippen LogP contribution in [0.3, 0.4) is 0 Å². The van der Waals surface area contributed by atoms with Gasteiger partial charge in [-0.2, -0.15) is 0 Å². The summed E-state index contributed by atoms with van der Waals surface area (Å²) in [7, 11) is 0. The van der Waals surface area contributed by atoms with Gasteiger partial charge in [0.1, 0.15) is 5.69 Å². The van der Waals surface area contributed by atoms with Crippen LogP contribution in [0.5, 0.6) is 0 Å². The Kier molecular flexibility index (Phi) is 2.39. The first-order valence-electron chi connectivity index (χ1n) is 6.46. The minimum atomic E-state index is 0.871. The molecule has 0 saturated carbocycles. The number of aromatic nitrogens is 4. The lowest BCUT2D eigenvalue weighted by Crippen LogP contribution is -1.92. The van der Waals surface area contributed by atoms with Crippen molar-refractivity contribution in [3.63, 3.8) is 0 Å². The molecule has 0 aliphatic rings. The molecule has 2 aromatic heterocycles. The smallest absolute Gasteiger partial charge is 0.113 e. The molecular weight excluding hydrogens is 248 g/mol. The number of hydrogen-bond acceptors (Lipinski definition) is 2. The number of para-hydroxylation sites is 1. The Hall–Kier alpha value is -2.88. The van der Waals surface area contributed by atoms with Gasteiger partial charge in [-0.25, -0.2) is 4.68 Å². The zero-order valence-corrected chi connectivity index (χ0v) is 10.7. The number of benzene rings is 2. The minimum absolute atomic E-state index is 0.871. The molecule has 0 aliphatic carbocycles. The van der Waals surface area contributed by atoms with Gasteiger partial charge in [-0.15, -0.1) is 5.10 Å². The van der Waals surface area contributed by atoms with E-state index in [9.17, 15) is 0 Å². The molecule has 2 aromatic carbocycles. The van der Waals surface area contributed by atoms with Gasteiger partial charge in [0.15, 0.2) is 0 Å². The van der Waals surface area contributed by atoms with Crippen molar-refractivity contribution >= 4 is 10.9 Å². The maximum atomic E-state index is 4.25. The first-order chi connectivity index (χ1) is 9.92. The maximum Gasteiger partial charge on any atom is 0.113 e. The molecule has 4 rings (SSSR count). The van der Waals surface area contributed by atoms with E-state index in [1.807, 2.05) is 60.9 Å². The fourth-order valence-corrected chi connectivity index (χ4v) is 2.37. The van der Waals surface area contributed by atoms with Gasteiger partial charge < -0.3 is 4.98 Å². The normalized spacial score (nSPS) is 11.0. The van der Waals surface area contributed by atoms with Gasteiger partial charge >= 0.3 is 0 Å². The largest absolute Gasteiger partial charge is 0.359 e. The Morgan fingerprint density at radius 3 is 2.60 bits per heavy atom. The summed E-state index contributed by atoms with van der Waals surface area (Å²) in [6, 6.07) is 18.2. The Bertz CT molecular complexity index is 858. The lowest BCUT2D eigenvalue weighted by molar-refractivity contribution is 0.808. The van der Waals surface area contributed by atoms with Gasteiger partial charge in [0.2, 0.25) is 0 Å². The number of nitrogens with one attached hydrogen (secondary N) is 1. The molecule has 0 amide bonds. The highest BCUT2D eigenvalue weighted by Gasteiger charge is 2.08. The predicted molar refractivity (Wildman–Crippen MR) is 78.7 cm³/mol. The minimum Gasteiger partial charge on any atom is -0.359 e. The first-order valence-corrected chi connectivity index (χ1v) is 6.46. The highest BCUT2D eigenvalue weighted by Crippen LogP contribution is 2.23. The second-order valence-corrected chi connectivity index (χ2v) is 4.63. The van der Waals surface area contributed by atoms with Crippen molar-refractivity contribution in [1.82, 2.24) is 20.0 Å². The fourth-order valence-electron chi connectivity index (χ4n) is 2.37. The molecule has 0 atom stereocenters. The molecule has 0 unspecified atom stereocenters. The van der Waals surface area contributed by atoms with Crippen LogP contribution in [0.1, 0.15) is 0 Å². The third-order valence-electron chi connectivity index (χ3n) is 3.38. The predicted octanol–water partition coefficient (Wildman–Crippen LogP) is 3.42. The number of hydrogen-bond donors (Lipinski definition) is 1. The lowest BCUT2D eigenvalue weighted by atomic mass is 10.2. The summed E-state index contributed by atoms with van der Waals surface area (Å²) in [6.07, 6.45) is 3.90. The van der Waals surface area contributed by atoms with E-state index in [0.29, 0.717) is 0 Å². The second kappa shape index (κ2) is 4.35. The van der Waals surface area contributed by atoms with E-state index in [1.54, 1.807) is 4.68 Å². The molecule has 96 valence electrons. The molecule has 20 heavy (non-hydrogen) atoms. The van der Waals surface area contributed by atoms with Gasteiger partial charge in [0.05, 0.1) is 11.9 Å². The van der Waals surface area contributed by atoms with Crippen molar-refractivity contribution < 1.29 is 0 Å². The number of H-pyrrole nitrogens is 1. The number of fused-ring (bicyclic) bond motifs is 1. The Balaban J connectivity index is 1.82. The van der Waals surface area contributed by atoms with Gasteiger partial charge in [0.25, 0.3) is 0 Å². The average molecular weight is 260 g/mol. The number of aromatic amines is 1. The van der Waals surface area contributed by atoms with Crippen LogP contribution in [0.25, 0.3) is 27.8 Å². The molecule has 0 saturated heterocycles. The summed E-state index contributed by atoms with van der Waals surface area (Å²) in [6.45, 7) is 0. The first kappa shape index (κ1) is 11.0. The van der Waals surface area contributed by atoms with Gasteiger partial charge in [-0.05, 0) is 6.07 Å². The summed E-state index contributed by atoms with van der Waals surface area (Å²) < 4.78 is 1.81. The van der Waals surface area contributed by atoms with Crippen molar-refractivity contribution in [1.29, 1.82) is 0 Å². The van der Waals surface area contributed by atoms with Crippen LogP contribution in [0, 0.1) is 0 Å². The van der Waals surface area contributed by atoms with Crippen LogP contribution in [0.2, 0.25) is 0 Å². The van der Waals surface area contributed by atoms with Crippen molar-refractivity contribution in [3.8, 4) is 16.9 Å². The van der Waals surface area contributed by atoms with Crippen LogP contribution in [0.4, 0.5) is 0 Å². The van der Waals surface area contributed by atoms with Gasteiger partial charge in [0, 0.05) is 22.7 Å². The zero-order chi connectivity index (χ0) is 13.4. The number of nitrogens with zero attached hydrogens (tertiary/aromatic N) is 3. The zero-order valence-electron chi connectivity index (χ0n) is 10.7. The molecule has 0 spiro atoms. The van der Waals surface area contributed by atoms with Gasteiger partial charge in [-0.1, -0.05) is 53.7 Å². The highest BCUT2D eigenvalue weighted by molar-refractivity contribution is 5.88. The fraction of sp³-hybridized carbons (Fsp3) is 0. The van der Waals surface area contributed by atoms with Crippen LogP contribution >= 0.6 is 0 Å². The van der Waals surface area contributed by atoms with E-state index >= 15 is 0 Å². The van der Waals surface area contributed by atoms with Crippen LogP contribution in [-0.2, 0) is 0 Å². The summed E-state index contributed by atoms with van der Waals surface area (Å²) in [5.74, 6) is 0. The third-order valence-corrected chi connectivity index (χ3v) is 3.38. The Labute approximate surface area is 115 Å². The third kappa shape index (κ3) is 1.70. The summed E-state index contributed by atoms with van der Waals surface area (Å²) in [5.41, 5.74) is 4.05.